The second-order valence-corrected chi connectivity index (χ2v) is 11.4. The molecule has 35 heavy (non-hydrogen) atoms. The Bertz CT molecular complexity index is 829. The number of nitrogens with zero attached hydrogens (tertiary/aromatic N) is 2. The van der Waals surface area contributed by atoms with Crippen LogP contribution in [-0.4, -0.2) is 59.3 Å². The SMILES string of the molecule is O=C(CCSCCC(=O)N1CCC(Cc2ccccc2)CC1)N1CCC(Cc2ccccc2)CC1. The van der Waals surface area contributed by atoms with Crippen molar-refractivity contribution in [3.05, 3.63) is 71.8 Å². The largest absolute Gasteiger partial charge is 0.343 e. The maximum atomic E-state index is 12.6. The van der Waals surface area contributed by atoms with Crippen molar-refractivity contribution in [1.29, 1.82) is 0 Å². The predicted octanol–water partition coefficient (Wildman–Crippen LogP) is 5.46. The Labute approximate surface area is 215 Å². The highest BCUT2D eigenvalue weighted by Gasteiger charge is 2.24. The standard InChI is InChI=1S/C30H40N2O2S/c33-29(31-17-11-27(12-18-31)23-25-7-3-1-4-8-25)15-21-35-22-16-30(34)32-19-13-28(14-20-32)24-26-9-5-2-6-10-26/h1-10,27-28H,11-24H2. The predicted molar refractivity (Wildman–Crippen MR) is 145 cm³/mol. The normalized spacial score (nSPS) is 17.5. The Hall–Kier alpha value is -2.27. The lowest BCUT2D eigenvalue weighted by atomic mass is 9.90. The van der Waals surface area contributed by atoms with Crippen molar-refractivity contribution >= 4 is 23.6 Å². The van der Waals surface area contributed by atoms with Crippen LogP contribution in [0.4, 0.5) is 0 Å². The van der Waals surface area contributed by atoms with E-state index in [9.17, 15) is 9.59 Å². The van der Waals surface area contributed by atoms with Gasteiger partial charge in [-0.05, 0) is 61.5 Å². The fraction of sp³-hybridized carbons (Fsp3) is 0.533. The topological polar surface area (TPSA) is 40.6 Å². The Morgan fingerprint density at radius 3 is 1.37 bits per heavy atom. The second-order valence-electron chi connectivity index (χ2n) is 10.1. The molecule has 188 valence electrons. The number of likely N-dealkylation sites (tertiary alicyclic amines) is 2. The van der Waals surface area contributed by atoms with E-state index < -0.39 is 0 Å². The number of carbonyl (C=O) groups excluding carboxylic acids is 2. The van der Waals surface area contributed by atoms with E-state index in [0.29, 0.717) is 24.7 Å². The molecule has 2 saturated heterocycles. The molecule has 2 fully saturated rings. The fourth-order valence-corrected chi connectivity index (χ4v) is 6.25. The summed E-state index contributed by atoms with van der Waals surface area (Å²) in [5.41, 5.74) is 2.81. The molecule has 0 aromatic heterocycles. The maximum absolute atomic E-state index is 12.6. The number of piperidine rings is 2. The third kappa shape index (κ3) is 8.42. The van der Waals surface area contributed by atoms with Crippen molar-refractivity contribution in [2.24, 2.45) is 11.8 Å². The van der Waals surface area contributed by atoms with Gasteiger partial charge in [0.25, 0.3) is 0 Å². The molecule has 0 aliphatic carbocycles. The molecule has 0 radical (unpaired) electrons. The minimum absolute atomic E-state index is 0.280. The Morgan fingerprint density at radius 2 is 1.00 bits per heavy atom. The van der Waals surface area contributed by atoms with E-state index in [1.807, 2.05) is 9.80 Å². The van der Waals surface area contributed by atoms with Crippen molar-refractivity contribution in [1.82, 2.24) is 9.80 Å². The van der Waals surface area contributed by atoms with Crippen LogP contribution in [0.3, 0.4) is 0 Å². The molecule has 4 rings (SSSR count). The molecule has 0 unspecified atom stereocenters. The highest BCUT2D eigenvalue weighted by atomic mass is 32.2. The molecule has 5 heteroatoms. The smallest absolute Gasteiger partial charge is 0.223 e. The van der Waals surface area contributed by atoms with Crippen LogP contribution in [0.1, 0.15) is 49.7 Å². The average molecular weight is 493 g/mol. The first-order chi connectivity index (χ1) is 17.2. The van der Waals surface area contributed by atoms with Gasteiger partial charge in [-0.1, -0.05) is 60.7 Å². The molecule has 0 atom stereocenters. The number of hydrogen-bond donors (Lipinski definition) is 0. The van der Waals surface area contributed by atoms with Gasteiger partial charge in [0.05, 0.1) is 0 Å². The van der Waals surface area contributed by atoms with Gasteiger partial charge in [0.1, 0.15) is 0 Å². The van der Waals surface area contributed by atoms with Gasteiger partial charge in [-0.25, -0.2) is 0 Å². The minimum Gasteiger partial charge on any atom is -0.343 e. The Balaban J connectivity index is 1.04. The molecular formula is C30H40N2O2S. The van der Waals surface area contributed by atoms with Gasteiger partial charge in [0.2, 0.25) is 11.8 Å². The van der Waals surface area contributed by atoms with E-state index in [1.165, 1.54) is 11.1 Å². The summed E-state index contributed by atoms with van der Waals surface area (Å²) in [6.45, 7) is 3.55. The zero-order valence-electron chi connectivity index (χ0n) is 20.9. The summed E-state index contributed by atoms with van der Waals surface area (Å²) >= 11 is 1.75. The van der Waals surface area contributed by atoms with Crippen LogP contribution in [0.15, 0.2) is 60.7 Å². The molecule has 0 saturated carbocycles. The molecule has 0 N–H and O–H groups in total. The van der Waals surface area contributed by atoms with Crippen molar-refractivity contribution in [2.45, 2.75) is 51.4 Å². The number of hydrogen-bond acceptors (Lipinski definition) is 3. The lowest BCUT2D eigenvalue weighted by Crippen LogP contribution is -2.39. The summed E-state index contributed by atoms with van der Waals surface area (Å²) in [6, 6.07) is 21.4. The van der Waals surface area contributed by atoms with E-state index >= 15 is 0 Å². The molecule has 2 aromatic rings. The molecule has 2 aliphatic heterocycles. The van der Waals surface area contributed by atoms with Gasteiger partial charge in [0, 0.05) is 50.5 Å². The quantitative estimate of drug-likeness (QED) is 0.414. The van der Waals surface area contributed by atoms with Crippen LogP contribution in [0.2, 0.25) is 0 Å². The summed E-state index contributed by atoms with van der Waals surface area (Å²) < 4.78 is 0. The average Bonchev–Trinajstić information content (AvgIpc) is 2.90. The Morgan fingerprint density at radius 1 is 0.629 bits per heavy atom. The Kier molecular flexibility index (Phi) is 10.1. The first-order valence-corrected chi connectivity index (χ1v) is 14.5. The van der Waals surface area contributed by atoms with Gasteiger partial charge in [-0.15, -0.1) is 0 Å². The zero-order chi connectivity index (χ0) is 24.3. The van der Waals surface area contributed by atoms with Crippen molar-refractivity contribution in [3.8, 4) is 0 Å². The molecular weight excluding hydrogens is 452 g/mol. The van der Waals surface area contributed by atoms with Gasteiger partial charge in [-0.3, -0.25) is 9.59 Å². The number of thioether (sulfide) groups is 1. The lowest BCUT2D eigenvalue weighted by Gasteiger charge is -2.32. The monoisotopic (exact) mass is 492 g/mol. The molecule has 2 heterocycles. The number of rotatable bonds is 10. The van der Waals surface area contributed by atoms with Gasteiger partial charge in [-0.2, -0.15) is 11.8 Å². The second kappa shape index (κ2) is 13.7. The van der Waals surface area contributed by atoms with Crippen molar-refractivity contribution in [2.75, 3.05) is 37.7 Å². The number of carbonyl (C=O) groups is 2. The third-order valence-electron chi connectivity index (χ3n) is 7.59. The minimum atomic E-state index is 0.280. The van der Waals surface area contributed by atoms with Crippen molar-refractivity contribution < 1.29 is 9.59 Å². The molecule has 2 aromatic carbocycles. The van der Waals surface area contributed by atoms with Gasteiger partial charge < -0.3 is 9.80 Å². The highest BCUT2D eigenvalue weighted by molar-refractivity contribution is 7.99. The van der Waals surface area contributed by atoms with Gasteiger partial charge >= 0.3 is 0 Å². The van der Waals surface area contributed by atoms with Crippen LogP contribution in [0.25, 0.3) is 0 Å². The first-order valence-electron chi connectivity index (χ1n) is 13.4. The van der Waals surface area contributed by atoms with E-state index in [4.69, 9.17) is 0 Å². The van der Waals surface area contributed by atoms with Gasteiger partial charge in [0.15, 0.2) is 0 Å². The van der Waals surface area contributed by atoms with Crippen LogP contribution < -0.4 is 0 Å². The van der Waals surface area contributed by atoms with Crippen molar-refractivity contribution in [3.63, 3.8) is 0 Å². The maximum Gasteiger partial charge on any atom is 0.223 e. The molecule has 4 nitrogen and oxygen atoms in total. The molecule has 2 aliphatic rings. The van der Waals surface area contributed by atoms with E-state index in [0.717, 1.165) is 76.2 Å². The highest BCUT2D eigenvalue weighted by Crippen LogP contribution is 2.24. The van der Waals surface area contributed by atoms with E-state index in [-0.39, 0.29) is 11.8 Å². The first kappa shape index (κ1) is 25.8. The van der Waals surface area contributed by atoms with Crippen LogP contribution in [0, 0.1) is 11.8 Å². The molecule has 0 spiro atoms. The number of benzene rings is 2. The summed E-state index contributed by atoms with van der Waals surface area (Å²) in [6.07, 6.45) is 7.83. The molecule has 0 bridgehead atoms. The van der Waals surface area contributed by atoms with Crippen LogP contribution in [0.5, 0.6) is 0 Å². The third-order valence-corrected chi connectivity index (χ3v) is 8.58. The van der Waals surface area contributed by atoms with Crippen LogP contribution in [-0.2, 0) is 22.4 Å². The number of amides is 2. The van der Waals surface area contributed by atoms with E-state index in [2.05, 4.69) is 60.7 Å². The molecule has 2 amide bonds. The summed E-state index contributed by atoms with van der Waals surface area (Å²) in [4.78, 5) is 29.3. The van der Waals surface area contributed by atoms with E-state index in [1.54, 1.807) is 11.8 Å². The zero-order valence-corrected chi connectivity index (χ0v) is 21.8. The summed E-state index contributed by atoms with van der Waals surface area (Å²) in [7, 11) is 0. The van der Waals surface area contributed by atoms with Crippen LogP contribution >= 0.6 is 11.8 Å². The fourth-order valence-electron chi connectivity index (χ4n) is 5.41. The summed E-state index contributed by atoms with van der Waals surface area (Å²) in [5, 5.41) is 0. The summed E-state index contributed by atoms with van der Waals surface area (Å²) in [5.74, 6) is 3.56. The lowest BCUT2D eigenvalue weighted by molar-refractivity contribution is -0.132.